The molecule has 1 N–H and O–H groups in total. The number of para-hydroxylation sites is 1. The van der Waals surface area contributed by atoms with Crippen LogP contribution in [0, 0.1) is 5.41 Å². The Hall–Kier alpha value is -2.58. The number of likely N-dealkylation sites (tertiary alicyclic amines) is 1. The van der Waals surface area contributed by atoms with Gasteiger partial charge >= 0.3 is 6.18 Å². The summed E-state index contributed by atoms with van der Waals surface area (Å²) in [5.74, 6) is -0.0462. The Morgan fingerprint density at radius 2 is 1.71 bits per heavy atom. The summed E-state index contributed by atoms with van der Waals surface area (Å²) in [4.78, 5) is 14.8. The van der Waals surface area contributed by atoms with Crippen LogP contribution in [0.1, 0.15) is 43.2 Å². The Kier molecular flexibility index (Phi) is 7.43. The number of rotatable bonds is 6. The van der Waals surface area contributed by atoms with Gasteiger partial charge in [-0.15, -0.1) is 0 Å². The first kappa shape index (κ1) is 25.5. The highest BCUT2D eigenvalue weighted by Gasteiger charge is 2.64. The molecule has 4 rings (SSSR count). The van der Waals surface area contributed by atoms with Gasteiger partial charge in [-0.25, -0.2) is 0 Å². The van der Waals surface area contributed by atoms with Crippen molar-refractivity contribution in [1.82, 2.24) is 10.2 Å². The molecule has 2 aliphatic heterocycles. The highest BCUT2D eigenvalue weighted by molar-refractivity contribution is 5.88. The van der Waals surface area contributed by atoms with Crippen molar-refractivity contribution in [2.45, 2.75) is 43.9 Å². The first-order valence-electron chi connectivity index (χ1n) is 12.2. The highest BCUT2D eigenvalue weighted by atomic mass is 19.4. The van der Waals surface area contributed by atoms with E-state index in [-0.39, 0.29) is 30.0 Å². The van der Waals surface area contributed by atoms with Gasteiger partial charge in [-0.3, -0.25) is 4.79 Å². The number of halogens is 3. The van der Waals surface area contributed by atoms with Crippen LogP contribution in [-0.4, -0.2) is 56.9 Å². The van der Waals surface area contributed by atoms with E-state index in [0.717, 1.165) is 37.9 Å². The maximum Gasteiger partial charge on any atom is 0.430 e. The zero-order valence-corrected chi connectivity index (χ0v) is 20.2. The Labute approximate surface area is 204 Å². The third-order valence-electron chi connectivity index (χ3n) is 7.71. The molecule has 2 heterocycles. The summed E-state index contributed by atoms with van der Waals surface area (Å²) in [5.41, 5.74) is -2.22. The van der Waals surface area contributed by atoms with Gasteiger partial charge in [0, 0.05) is 38.2 Å². The molecule has 2 aromatic rings. The van der Waals surface area contributed by atoms with Crippen molar-refractivity contribution in [3.63, 3.8) is 0 Å². The molecule has 0 saturated carbocycles. The van der Waals surface area contributed by atoms with Gasteiger partial charge in [-0.05, 0) is 49.8 Å². The first-order chi connectivity index (χ1) is 16.8. The third-order valence-corrected chi connectivity index (χ3v) is 7.71. The molecule has 190 valence electrons. The summed E-state index contributed by atoms with van der Waals surface area (Å²) in [5, 5.41) is 3.48. The van der Waals surface area contributed by atoms with E-state index in [2.05, 4.69) is 11.4 Å². The van der Waals surface area contributed by atoms with Gasteiger partial charge < -0.3 is 19.7 Å². The summed E-state index contributed by atoms with van der Waals surface area (Å²) >= 11 is 0. The van der Waals surface area contributed by atoms with Crippen LogP contribution in [0.5, 0.6) is 5.75 Å². The van der Waals surface area contributed by atoms with E-state index in [0.29, 0.717) is 19.4 Å². The van der Waals surface area contributed by atoms with Crippen molar-refractivity contribution in [2.24, 2.45) is 5.41 Å². The highest BCUT2D eigenvalue weighted by Crippen LogP contribution is 2.51. The maximum absolute atomic E-state index is 14.4. The second-order valence-electron chi connectivity index (χ2n) is 9.38. The minimum Gasteiger partial charge on any atom is -0.494 e. The number of methoxy groups -OCH3 is 1. The van der Waals surface area contributed by atoms with E-state index in [9.17, 15) is 18.0 Å². The molecule has 1 unspecified atom stereocenters. The molecule has 2 saturated heterocycles. The Morgan fingerprint density at radius 3 is 2.34 bits per heavy atom. The van der Waals surface area contributed by atoms with Crippen molar-refractivity contribution in [2.75, 3.05) is 39.9 Å². The smallest absolute Gasteiger partial charge is 0.430 e. The molecular weight excluding hydrogens is 457 g/mol. The number of amides is 1. The van der Waals surface area contributed by atoms with Crippen molar-refractivity contribution in [3.05, 3.63) is 65.7 Å². The molecular formula is C27H33F3N2O3. The monoisotopic (exact) mass is 490 g/mol. The van der Waals surface area contributed by atoms with E-state index in [1.807, 2.05) is 25.1 Å². The van der Waals surface area contributed by atoms with E-state index in [1.165, 1.54) is 29.2 Å². The Balaban J connectivity index is 1.61. The number of carbonyl (C=O) groups is 1. The number of carbonyl (C=O) groups excluding carboxylic acids is 1. The van der Waals surface area contributed by atoms with Crippen LogP contribution in [0.2, 0.25) is 0 Å². The number of alkyl halides is 3. The van der Waals surface area contributed by atoms with E-state index in [1.54, 1.807) is 6.07 Å². The second kappa shape index (κ2) is 10.2. The summed E-state index contributed by atoms with van der Waals surface area (Å²) in [6, 6.07) is 15.2. The third kappa shape index (κ3) is 4.54. The van der Waals surface area contributed by atoms with Gasteiger partial charge in [0.15, 0.2) is 0 Å². The van der Waals surface area contributed by atoms with Crippen molar-refractivity contribution >= 4 is 5.91 Å². The normalized spacial score (nSPS) is 22.0. The van der Waals surface area contributed by atoms with Crippen LogP contribution in [0.3, 0.4) is 0 Å². The number of piperidine rings is 2. The number of hydrogen-bond donors (Lipinski definition) is 1. The molecule has 2 aliphatic rings. The number of ether oxygens (including phenoxy) is 2. The Morgan fingerprint density at radius 1 is 1.06 bits per heavy atom. The lowest BCUT2D eigenvalue weighted by Crippen LogP contribution is -2.59. The first-order valence-corrected chi connectivity index (χ1v) is 12.2. The van der Waals surface area contributed by atoms with Crippen LogP contribution in [0.25, 0.3) is 0 Å². The minimum absolute atomic E-state index is 0.115. The van der Waals surface area contributed by atoms with Gasteiger partial charge in [0.25, 0.3) is 11.5 Å². The molecule has 0 aliphatic carbocycles. The quantitative estimate of drug-likeness (QED) is 0.628. The molecule has 2 atom stereocenters. The second-order valence-corrected chi connectivity index (χ2v) is 9.38. The fraction of sp³-hybridized carbons (Fsp3) is 0.519. The van der Waals surface area contributed by atoms with E-state index < -0.39 is 17.7 Å². The largest absolute Gasteiger partial charge is 0.494 e. The van der Waals surface area contributed by atoms with Crippen LogP contribution >= 0.6 is 0 Å². The van der Waals surface area contributed by atoms with Crippen molar-refractivity contribution in [1.29, 1.82) is 0 Å². The molecule has 1 spiro atoms. The van der Waals surface area contributed by atoms with E-state index >= 15 is 0 Å². The molecule has 35 heavy (non-hydrogen) atoms. The van der Waals surface area contributed by atoms with Crippen LogP contribution < -0.4 is 10.1 Å². The predicted octanol–water partition coefficient (Wildman–Crippen LogP) is 4.88. The summed E-state index contributed by atoms with van der Waals surface area (Å²) in [6.07, 6.45) is -2.76. The van der Waals surface area contributed by atoms with Gasteiger partial charge in [-0.1, -0.05) is 48.5 Å². The zero-order chi connectivity index (χ0) is 25.1. The SMILES string of the molecule is CCOc1ccccc1C1CNCCC12CCN(C(=O)[C@](OC)(c1ccccc1)C(F)(F)F)CC2. The lowest BCUT2D eigenvalue weighted by atomic mass is 9.62. The maximum atomic E-state index is 14.4. The summed E-state index contributed by atoms with van der Waals surface area (Å²) in [7, 11) is 0.956. The molecule has 2 fully saturated rings. The summed E-state index contributed by atoms with van der Waals surface area (Å²) < 4.78 is 54.2. The molecule has 0 radical (unpaired) electrons. The standard InChI is InChI=1S/C27H33F3N2O3/c1-3-35-23-12-8-7-11-21(23)22-19-31-16-13-25(22)14-17-32(18-15-25)24(33)26(34-2,27(28,29)30)20-9-5-4-6-10-20/h4-12,22,31H,3,13-19H2,1-2H3/t22?,26-/m1/s1. The van der Waals surface area contributed by atoms with Gasteiger partial charge in [0.2, 0.25) is 0 Å². The van der Waals surface area contributed by atoms with E-state index in [4.69, 9.17) is 9.47 Å². The van der Waals surface area contributed by atoms with Gasteiger partial charge in [0.1, 0.15) is 5.75 Å². The molecule has 2 aromatic carbocycles. The zero-order valence-electron chi connectivity index (χ0n) is 20.2. The molecule has 0 aromatic heterocycles. The fourth-order valence-corrected chi connectivity index (χ4v) is 5.85. The average Bonchev–Trinajstić information content (AvgIpc) is 2.86. The fourth-order valence-electron chi connectivity index (χ4n) is 5.85. The Bertz CT molecular complexity index is 1010. The van der Waals surface area contributed by atoms with Crippen LogP contribution in [0.15, 0.2) is 54.6 Å². The van der Waals surface area contributed by atoms with Crippen molar-refractivity contribution in [3.8, 4) is 5.75 Å². The van der Waals surface area contributed by atoms with Crippen LogP contribution in [-0.2, 0) is 15.1 Å². The predicted molar refractivity (Wildman–Crippen MR) is 127 cm³/mol. The number of nitrogens with zero attached hydrogens (tertiary/aromatic N) is 1. The average molecular weight is 491 g/mol. The van der Waals surface area contributed by atoms with Gasteiger partial charge in [0.05, 0.1) is 6.61 Å². The van der Waals surface area contributed by atoms with Crippen LogP contribution in [0.4, 0.5) is 13.2 Å². The minimum atomic E-state index is -4.90. The van der Waals surface area contributed by atoms with Gasteiger partial charge in [-0.2, -0.15) is 13.2 Å². The lowest BCUT2D eigenvalue weighted by Gasteiger charge is -2.51. The lowest BCUT2D eigenvalue weighted by molar-refractivity contribution is -0.271. The number of benzene rings is 2. The topological polar surface area (TPSA) is 50.8 Å². The summed E-state index contributed by atoms with van der Waals surface area (Å²) in [6.45, 7) is 4.62. The van der Waals surface area contributed by atoms with Crippen molar-refractivity contribution < 1.29 is 27.4 Å². The number of nitrogens with one attached hydrogen (secondary N) is 1. The molecule has 1 amide bonds. The number of hydrogen-bond acceptors (Lipinski definition) is 4. The molecule has 5 nitrogen and oxygen atoms in total. The molecule has 8 heteroatoms. The molecule has 0 bridgehead atoms.